The predicted octanol–water partition coefficient (Wildman–Crippen LogP) is 0.790. The highest BCUT2D eigenvalue weighted by molar-refractivity contribution is 5.99. The number of hydrogen-bond donors (Lipinski definition) is 1. The molecule has 27 heavy (non-hydrogen) atoms. The molecule has 2 fully saturated rings. The smallest absolute Gasteiger partial charge is 0.275 e. The third-order valence-electron chi connectivity index (χ3n) is 5.40. The van der Waals surface area contributed by atoms with Crippen LogP contribution in [0.25, 0.3) is 10.8 Å². The fourth-order valence-electron chi connectivity index (χ4n) is 3.78. The van der Waals surface area contributed by atoms with E-state index in [0.717, 1.165) is 37.9 Å². The lowest BCUT2D eigenvalue weighted by Gasteiger charge is -2.31. The molecule has 0 spiro atoms. The third kappa shape index (κ3) is 3.22. The van der Waals surface area contributed by atoms with Crippen LogP contribution in [0.1, 0.15) is 31.7 Å². The zero-order valence-corrected chi connectivity index (χ0v) is 14.8. The lowest BCUT2D eigenvalue weighted by molar-refractivity contribution is -0.136. The molecule has 2 aromatic rings. The number of carbonyl (C=O) groups is 3. The largest absolute Gasteiger partial charge is 0.371 e. The summed E-state index contributed by atoms with van der Waals surface area (Å²) in [5, 5.41) is 7.63. The Morgan fingerprint density at radius 1 is 1.11 bits per heavy atom. The number of aldehydes is 1. The van der Waals surface area contributed by atoms with Gasteiger partial charge in [-0.15, -0.1) is 0 Å². The maximum absolute atomic E-state index is 12.8. The molecule has 1 unspecified atom stereocenters. The van der Waals surface area contributed by atoms with Crippen LogP contribution in [-0.4, -0.2) is 41.0 Å². The van der Waals surface area contributed by atoms with Gasteiger partial charge >= 0.3 is 0 Å². The van der Waals surface area contributed by atoms with Gasteiger partial charge in [-0.2, -0.15) is 5.10 Å². The number of piperidine rings is 2. The Hall–Kier alpha value is -3.03. The molecule has 1 N–H and O–H groups in total. The summed E-state index contributed by atoms with van der Waals surface area (Å²) >= 11 is 0. The number of nitrogens with one attached hydrogen (secondary N) is 1. The zero-order valence-electron chi connectivity index (χ0n) is 14.8. The first kappa shape index (κ1) is 17.4. The Kier molecular flexibility index (Phi) is 4.47. The van der Waals surface area contributed by atoms with Gasteiger partial charge < -0.3 is 9.69 Å². The molecule has 1 aromatic carbocycles. The SMILES string of the molecule is O=CC1CCN(c2ccc3c(=O)n(C4CCC(=O)NC4=O)ncc3c2)CC1. The van der Waals surface area contributed by atoms with Crippen LogP contribution in [0.3, 0.4) is 0 Å². The van der Waals surface area contributed by atoms with E-state index in [0.29, 0.717) is 10.8 Å². The van der Waals surface area contributed by atoms with Crippen LogP contribution in [0, 0.1) is 5.92 Å². The van der Waals surface area contributed by atoms with Gasteiger partial charge in [0.15, 0.2) is 0 Å². The van der Waals surface area contributed by atoms with Crippen LogP contribution in [0.4, 0.5) is 5.69 Å². The monoisotopic (exact) mass is 368 g/mol. The summed E-state index contributed by atoms with van der Waals surface area (Å²) in [6.07, 6.45) is 4.74. The normalized spacial score (nSPS) is 21.3. The van der Waals surface area contributed by atoms with Gasteiger partial charge in [-0.3, -0.25) is 19.7 Å². The van der Waals surface area contributed by atoms with Crippen molar-refractivity contribution in [2.45, 2.75) is 31.7 Å². The molecular weight excluding hydrogens is 348 g/mol. The minimum atomic E-state index is -0.762. The van der Waals surface area contributed by atoms with Gasteiger partial charge in [0.25, 0.3) is 11.5 Å². The number of anilines is 1. The molecule has 140 valence electrons. The molecule has 2 aliphatic rings. The van der Waals surface area contributed by atoms with Gasteiger partial charge in [-0.25, -0.2) is 4.68 Å². The minimum absolute atomic E-state index is 0.129. The van der Waals surface area contributed by atoms with Crippen molar-refractivity contribution in [1.82, 2.24) is 15.1 Å². The molecule has 8 heteroatoms. The molecule has 1 atom stereocenters. The number of fused-ring (bicyclic) bond motifs is 1. The maximum Gasteiger partial charge on any atom is 0.275 e. The second-order valence-corrected chi connectivity index (χ2v) is 7.09. The van der Waals surface area contributed by atoms with E-state index in [9.17, 15) is 19.2 Å². The summed E-state index contributed by atoms with van der Waals surface area (Å²) < 4.78 is 1.17. The van der Waals surface area contributed by atoms with E-state index in [4.69, 9.17) is 0 Å². The second kappa shape index (κ2) is 6.94. The van der Waals surface area contributed by atoms with Gasteiger partial charge in [0.2, 0.25) is 5.91 Å². The summed E-state index contributed by atoms with van der Waals surface area (Å²) in [5.41, 5.74) is 0.653. The van der Waals surface area contributed by atoms with Crippen molar-refractivity contribution in [3.63, 3.8) is 0 Å². The van der Waals surface area contributed by atoms with Crippen molar-refractivity contribution in [3.8, 4) is 0 Å². The van der Waals surface area contributed by atoms with E-state index in [-0.39, 0.29) is 30.2 Å². The van der Waals surface area contributed by atoms with Crippen LogP contribution >= 0.6 is 0 Å². The summed E-state index contributed by atoms with van der Waals surface area (Å²) in [5.74, 6) is -0.688. The van der Waals surface area contributed by atoms with E-state index in [1.807, 2.05) is 12.1 Å². The molecule has 0 radical (unpaired) electrons. The first-order valence-corrected chi connectivity index (χ1v) is 9.12. The number of imide groups is 1. The average Bonchev–Trinajstić information content (AvgIpc) is 2.69. The molecule has 8 nitrogen and oxygen atoms in total. The predicted molar refractivity (Wildman–Crippen MR) is 98.4 cm³/mol. The Morgan fingerprint density at radius 3 is 2.59 bits per heavy atom. The number of rotatable bonds is 3. The molecule has 2 amide bonds. The third-order valence-corrected chi connectivity index (χ3v) is 5.40. The number of hydrogen-bond acceptors (Lipinski definition) is 6. The Bertz CT molecular complexity index is 975. The van der Waals surface area contributed by atoms with Crippen molar-refractivity contribution in [2.24, 2.45) is 5.92 Å². The molecule has 1 aromatic heterocycles. The molecule has 3 heterocycles. The van der Waals surface area contributed by atoms with Gasteiger partial charge in [0, 0.05) is 36.5 Å². The zero-order chi connectivity index (χ0) is 19.0. The van der Waals surface area contributed by atoms with E-state index >= 15 is 0 Å². The number of carbonyl (C=O) groups excluding carboxylic acids is 3. The quantitative estimate of drug-likeness (QED) is 0.635. The second-order valence-electron chi connectivity index (χ2n) is 7.09. The maximum atomic E-state index is 12.8. The van der Waals surface area contributed by atoms with E-state index in [1.165, 1.54) is 4.68 Å². The van der Waals surface area contributed by atoms with Gasteiger partial charge in [-0.05, 0) is 37.5 Å². The van der Waals surface area contributed by atoms with Gasteiger partial charge in [-0.1, -0.05) is 0 Å². The molecule has 0 bridgehead atoms. The molecule has 2 saturated heterocycles. The standard InChI is InChI=1S/C19H20N4O4/c24-11-12-5-7-22(8-6-12)14-1-2-15-13(9-14)10-20-23(19(15)27)16-3-4-17(25)21-18(16)26/h1-2,9-12,16H,3-8H2,(H,21,25,26). The van der Waals surface area contributed by atoms with E-state index in [1.54, 1.807) is 12.3 Å². The summed E-state index contributed by atoms with van der Waals surface area (Å²) in [7, 11) is 0. The number of amides is 2. The van der Waals surface area contributed by atoms with Crippen molar-refractivity contribution in [2.75, 3.05) is 18.0 Å². The fraction of sp³-hybridized carbons (Fsp3) is 0.421. The fourth-order valence-corrected chi connectivity index (χ4v) is 3.78. The molecule has 2 aliphatic heterocycles. The molecular formula is C19H20N4O4. The first-order chi connectivity index (χ1) is 13.1. The highest BCUT2D eigenvalue weighted by Crippen LogP contribution is 2.25. The Balaban J connectivity index is 1.63. The summed E-state index contributed by atoms with van der Waals surface area (Å²) in [6.45, 7) is 1.60. The van der Waals surface area contributed by atoms with Crippen LogP contribution < -0.4 is 15.8 Å². The molecule has 0 saturated carbocycles. The van der Waals surface area contributed by atoms with Crippen LogP contribution in [0.5, 0.6) is 0 Å². The van der Waals surface area contributed by atoms with Crippen molar-refractivity contribution < 1.29 is 14.4 Å². The van der Waals surface area contributed by atoms with Crippen molar-refractivity contribution in [3.05, 3.63) is 34.7 Å². The first-order valence-electron chi connectivity index (χ1n) is 9.12. The molecule has 0 aliphatic carbocycles. The lowest BCUT2D eigenvalue weighted by Crippen LogP contribution is -2.45. The van der Waals surface area contributed by atoms with E-state index < -0.39 is 11.9 Å². The van der Waals surface area contributed by atoms with Gasteiger partial charge in [0.05, 0.1) is 11.6 Å². The lowest BCUT2D eigenvalue weighted by atomic mass is 9.98. The topological polar surface area (TPSA) is 101 Å². The highest BCUT2D eigenvalue weighted by Gasteiger charge is 2.30. The van der Waals surface area contributed by atoms with Crippen molar-refractivity contribution in [1.29, 1.82) is 0 Å². The summed E-state index contributed by atoms with van der Waals surface area (Å²) in [4.78, 5) is 49.3. The van der Waals surface area contributed by atoms with Crippen LogP contribution in [-0.2, 0) is 14.4 Å². The minimum Gasteiger partial charge on any atom is -0.371 e. The Morgan fingerprint density at radius 2 is 1.89 bits per heavy atom. The van der Waals surface area contributed by atoms with Crippen LogP contribution in [0.2, 0.25) is 0 Å². The van der Waals surface area contributed by atoms with Crippen molar-refractivity contribution >= 4 is 34.6 Å². The summed E-state index contributed by atoms with van der Waals surface area (Å²) in [6, 6.07) is 4.80. The highest BCUT2D eigenvalue weighted by atomic mass is 16.2. The van der Waals surface area contributed by atoms with Crippen LogP contribution in [0.15, 0.2) is 29.2 Å². The molecule has 4 rings (SSSR count). The number of aromatic nitrogens is 2. The number of benzene rings is 1. The number of nitrogens with zero attached hydrogens (tertiary/aromatic N) is 3. The van der Waals surface area contributed by atoms with E-state index in [2.05, 4.69) is 15.3 Å². The average molecular weight is 368 g/mol. The van der Waals surface area contributed by atoms with Gasteiger partial charge in [0.1, 0.15) is 12.3 Å². The Labute approximate surface area is 155 Å².